The number of para-hydroxylation sites is 1. The van der Waals surface area contributed by atoms with Gasteiger partial charge in [0.15, 0.2) is 0 Å². The van der Waals surface area contributed by atoms with E-state index in [2.05, 4.69) is 35.3 Å². The number of H-pyrrole nitrogens is 1. The first-order chi connectivity index (χ1) is 5.79. The Bertz CT molecular complexity index is 394. The van der Waals surface area contributed by atoms with Crippen molar-refractivity contribution in [3.05, 3.63) is 23.8 Å². The SMILES string of the molecule is CC(C)c1cccc2n[nH]nc12.[HH]. The Morgan fingerprint density at radius 3 is 2.92 bits per heavy atom. The fraction of sp³-hybridized carbons (Fsp3) is 0.333. The Balaban J connectivity index is 0.000000845. The number of nitrogens with one attached hydrogen (secondary N) is 1. The second-order valence-corrected chi connectivity index (χ2v) is 3.19. The van der Waals surface area contributed by atoms with E-state index >= 15 is 0 Å². The summed E-state index contributed by atoms with van der Waals surface area (Å²) < 4.78 is 0. The summed E-state index contributed by atoms with van der Waals surface area (Å²) in [6.45, 7) is 4.31. The Morgan fingerprint density at radius 2 is 2.17 bits per heavy atom. The second-order valence-electron chi connectivity index (χ2n) is 3.19. The highest BCUT2D eigenvalue weighted by molar-refractivity contribution is 5.77. The highest BCUT2D eigenvalue weighted by Gasteiger charge is 2.06. The van der Waals surface area contributed by atoms with Crippen molar-refractivity contribution in [1.82, 2.24) is 15.4 Å². The summed E-state index contributed by atoms with van der Waals surface area (Å²) in [6, 6.07) is 6.07. The van der Waals surface area contributed by atoms with E-state index in [1.807, 2.05) is 12.1 Å². The summed E-state index contributed by atoms with van der Waals surface area (Å²) in [4.78, 5) is 0. The number of hydrogen-bond donors (Lipinski definition) is 1. The molecule has 1 aromatic heterocycles. The quantitative estimate of drug-likeness (QED) is 0.701. The molecule has 0 spiro atoms. The molecule has 1 heterocycles. The Hall–Kier alpha value is -1.38. The molecule has 12 heavy (non-hydrogen) atoms. The number of aromatic nitrogens is 3. The van der Waals surface area contributed by atoms with Crippen LogP contribution in [-0.2, 0) is 0 Å². The van der Waals surface area contributed by atoms with Crippen LogP contribution in [0.2, 0.25) is 0 Å². The van der Waals surface area contributed by atoms with Gasteiger partial charge in [-0.3, -0.25) is 0 Å². The topological polar surface area (TPSA) is 41.6 Å². The van der Waals surface area contributed by atoms with Gasteiger partial charge in [-0.25, -0.2) is 0 Å². The van der Waals surface area contributed by atoms with Crippen LogP contribution in [0.15, 0.2) is 18.2 Å². The molecule has 0 atom stereocenters. The van der Waals surface area contributed by atoms with Crippen LogP contribution in [0, 0.1) is 0 Å². The lowest BCUT2D eigenvalue weighted by Crippen LogP contribution is -1.88. The van der Waals surface area contributed by atoms with Gasteiger partial charge in [0.2, 0.25) is 0 Å². The summed E-state index contributed by atoms with van der Waals surface area (Å²) in [5.74, 6) is 0.499. The molecule has 1 aromatic carbocycles. The maximum Gasteiger partial charge on any atom is 0.116 e. The molecule has 0 unspecified atom stereocenters. The summed E-state index contributed by atoms with van der Waals surface area (Å²) in [6.07, 6.45) is 0. The summed E-state index contributed by atoms with van der Waals surface area (Å²) >= 11 is 0. The van der Waals surface area contributed by atoms with Gasteiger partial charge < -0.3 is 0 Å². The molecule has 2 rings (SSSR count). The van der Waals surface area contributed by atoms with E-state index < -0.39 is 0 Å². The third-order valence-corrected chi connectivity index (χ3v) is 2.00. The molecule has 0 saturated heterocycles. The molecule has 0 aliphatic carbocycles. The predicted molar refractivity (Wildman–Crippen MR) is 50.1 cm³/mol. The molecule has 0 fully saturated rings. The maximum atomic E-state index is 4.10. The van der Waals surface area contributed by atoms with Crippen LogP contribution in [-0.4, -0.2) is 15.4 Å². The number of nitrogens with zero attached hydrogens (tertiary/aromatic N) is 2. The molecule has 0 saturated carbocycles. The van der Waals surface area contributed by atoms with Crippen LogP contribution < -0.4 is 0 Å². The lowest BCUT2D eigenvalue weighted by Gasteiger charge is -2.03. The first kappa shape index (κ1) is 7.28. The van der Waals surface area contributed by atoms with E-state index in [4.69, 9.17) is 0 Å². The van der Waals surface area contributed by atoms with Gasteiger partial charge in [-0.05, 0) is 17.5 Å². The van der Waals surface area contributed by atoms with Gasteiger partial charge in [0.05, 0.1) is 0 Å². The average molecular weight is 163 g/mol. The molecule has 0 aliphatic rings. The lowest BCUT2D eigenvalue weighted by molar-refractivity contribution is 0.869. The van der Waals surface area contributed by atoms with Gasteiger partial charge in [-0.2, -0.15) is 15.4 Å². The number of fused-ring (bicyclic) bond motifs is 1. The van der Waals surface area contributed by atoms with Gasteiger partial charge in [-0.15, -0.1) is 0 Å². The summed E-state index contributed by atoms with van der Waals surface area (Å²) in [7, 11) is 0. The van der Waals surface area contributed by atoms with Gasteiger partial charge in [-0.1, -0.05) is 26.0 Å². The molecule has 3 nitrogen and oxygen atoms in total. The van der Waals surface area contributed by atoms with Crippen LogP contribution >= 0.6 is 0 Å². The Kier molecular flexibility index (Phi) is 1.57. The van der Waals surface area contributed by atoms with Crippen LogP contribution in [0.5, 0.6) is 0 Å². The molecule has 64 valence electrons. The van der Waals surface area contributed by atoms with Crippen molar-refractivity contribution in [1.29, 1.82) is 0 Å². The van der Waals surface area contributed by atoms with Gasteiger partial charge >= 0.3 is 0 Å². The lowest BCUT2D eigenvalue weighted by atomic mass is 10.0. The molecule has 1 N–H and O–H groups in total. The molecule has 0 radical (unpaired) electrons. The van der Waals surface area contributed by atoms with E-state index in [0.29, 0.717) is 5.92 Å². The van der Waals surface area contributed by atoms with E-state index in [1.54, 1.807) is 0 Å². The molecule has 3 heteroatoms. The van der Waals surface area contributed by atoms with Crippen molar-refractivity contribution < 1.29 is 1.43 Å². The molecule has 0 amide bonds. The summed E-state index contributed by atoms with van der Waals surface area (Å²) in [5, 5.41) is 10.8. The van der Waals surface area contributed by atoms with Gasteiger partial charge in [0.1, 0.15) is 11.0 Å². The third kappa shape index (κ3) is 0.978. The van der Waals surface area contributed by atoms with Crippen molar-refractivity contribution in [3.8, 4) is 0 Å². The van der Waals surface area contributed by atoms with Crippen molar-refractivity contribution >= 4 is 11.0 Å². The zero-order chi connectivity index (χ0) is 8.55. The summed E-state index contributed by atoms with van der Waals surface area (Å²) in [5.41, 5.74) is 3.19. The predicted octanol–water partition coefficient (Wildman–Crippen LogP) is 2.33. The fourth-order valence-corrected chi connectivity index (χ4v) is 1.36. The average Bonchev–Trinajstić information content (AvgIpc) is 2.49. The molecule has 0 bridgehead atoms. The van der Waals surface area contributed by atoms with E-state index in [0.717, 1.165) is 11.0 Å². The first-order valence-corrected chi connectivity index (χ1v) is 4.08. The minimum absolute atomic E-state index is 0. The van der Waals surface area contributed by atoms with Crippen LogP contribution in [0.3, 0.4) is 0 Å². The molecular formula is C9H13N3. The zero-order valence-corrected chi connectivity index (χ0v) is 7.20. The minimum atomic E-state index is 0. The van der Waals surface area contributed by atoms with Crippen LogP contribution in [0.1, 0.15) is 26.8 Å². The second kappa shape index (κ2) is 2.59. The maximum absolute atomic E-state index is 4.10. The number of benzene rings is 1. The molecule has 2 aromatic rings. The monoisotopic (exact) mass is 163 g/mol. The van der Waals surface area contributed by atoms with Crippen molar-refractivity contribution in [2.75, 3.05) is 0 Å². The van der Waals surface area contributed by atoms with Crippen molar-refractivity contribution in [3.63, 3.8) is 0 Å². The van der Waals surface area contributed by atoms with E-state index in [9.17, 15) is 0 Å². The number of aromatic amines is 1. The smallest absolute Gasteiger partial charge is 0.116 e. The van der Waals surface area contributed by atoms with Crippen LogP contribution in [0.25, 0.3) is 11.0 Å². The van der Waals surface area contributed by atoms with Crippen molar-refractivity contribution in [2.24, 2.45) is 0 Å². The van der Waals surface area contributed by atoms with Crippen molar-refractivity contribution in [2.45, 2.75) is 19.8 Å². The molecule has 0 aliphatic heterocycles. The van der Waals surface area contributed by atoms with E-state index in [-0.39, 0.29) is 1.43 Å². The first-order valence-electron chi connectivity index (χ1n) is 4.08. The minimum Gasteiger partial charge on any atom is -0.197 e. The normalized spacial score (nSPS) is 11.2. The van der Waals surface area contributed by atoms with Gasteiger partial charge in [0.25, 0.3) is 0 Å². The van der Waals surface area contributed by atoms with Crippen LogP contribution in [0.4, 0.5) is 0 Å². The van der Waals surface area contributed by atoms with E-state index in [1.165, 1.54) is 5.56 Å². The fourth-order valence-electron chi connectivity index (χ4n) is 1.36. The Labute approximate surface area is 72.3 Å². The molecular weight excluding hydrogens is 150 g/mol. The third-order valence-electron chi connectivity index (χ3n) is 2.00. The standard InChI is InChI=1S/C9H11N3.H2/c1-6(2)7-4-3-5-8-9(7)11-12-10-8;/h3-6H,1-2H3,(H,10,11,12);1H. The largest absolute Gasteiger partial charge is 0.197 e. The zero-order valence-electron chi connectivity index (χ0n) is 7.20. The highest BCUT2D eigenvalue weighted by atomic mass is 15.3. The Morgan fingerprint density at radius 1 is 1.33 bits per heavy atom. The highest BCUT2D eigenvalue weighted by Crippen LogP contribution is 2.21. The number of hydrogen-bond acceptors (Lipinski definition) is 2. The van der Waals surface area contributed by atoms with Gasteiger partial charge in [0, 0.05) is 1.43 Å². The number of rotatable bonds is 1.